The Labute approximate surface area is 94.5 Å². The Kier molecular flexibility index (Phi) is 2.91. The Balaban J connectivity index is 2.38. The molecule has 0 radical (unpaired) electrons. The van der Waals surface area contributed by atoms with Gasteiger partial charge in [0.1, 0.15) is 11.6 Å². The number of aryl methyl sites for hydroxylation is 1. The fourth-order valence-electron chi connectivity index (χ4n) is 1.61. The molecule has 0 amide bonds. The number of hydrogen-bond acceptors (Lipinski definition) is 1. The molecule has 0 heterocycles. The van der Waals surface area contributed by atoms with E-state index in [0.29, 0.717) is 5.56 Å². The van der Waals surface area contributed by atoms with Crippen LogP contribution in [0.15, 0.2) is 42.5 Å². The molecule has 82 valence electrons. The minimum Gasteiger partial charge on any atom is -0.497 e. The van der Waals surface area contributed by atoms with Gasteiger partial charge in [-0.2, -0.15) is 0 Å². The first kappa shape index (κ1) is 10.7. The maximum atomic E-state index is 13.1. The van der Waals surface area contributed by atoms with Crippen molar-refractivity contribution in [3.8, 4) is 16.9 Å². The zero-order valence-electron chi connectivity index (χ0n) is 9.33. The predicted octanol–water partition coefficient (Wildman–Crippen LogP) is 3.81. The molecule has 0 N–H and O–H groups in total. The highest BCUT2D eigenvalue weighted by molar-refractivity contribution is 5.64. The molecule has 0 aliphatic carbocycles. The van der Waals surface area contributed by atoms with Crippen molar-refractivity contribution < 1.29 is 9.13 Å². The smallest absolute Gasteiger partial charge is 0.126 e. The molecular weight excluding hydrogens is 203 g/mol. The van der Waals surface area contributed by atoms with Crippen molar-refractivity contribution in [1.29, 1.82) is 0 Å². The van der Waals surface area contributed by atoms with E-state index in [1.165, 1.54) is 6.07 Å². The van der Waals surface area contributed by atoms with Crippen LogP contribution in [0.1, 0.15) is 5.56 Å². The zero-order valence-corrected chi connectivity index (χ0v) is 9.33. The van der Waals surface area contributed by atoms with E-state index in [1.54, 1.807) is 20.1 Å². The minimum atomic E-state index is -0.169. The van der Waals surface area contributed by atoms with Crippen LogP contribution >= 0.6 is 0 Å². The fraction of sp³-hybridized carbons (Fsp3) is 0.143. The van der Waals surface area contributed by atoms with Gasteiger partial charge in [-0.25, -0.2) is 4.39 Å². The summed E-state index contributed by atoms with van der Waals surface area (Å²) in [4.78, 5) is 0. The second-order valence-electron chi connectivity index (χ2n) is 3.69. The molecule has 0 aromatic heterocycles. The molecule has 0 unspecified atom stereocenters. The summed E-state index contributed by atoms with van der Waals surface area (Å²) in [6.07, 6.45) is 0. The molecule has 0 spiro atoms. The zero-order chi connectivity index (χ0) is 11.5. The van der Waals surface area contributed by atoms with Gasteiger partial charge in [-0.15, -0.1) is 0 Å². The maximum Gasteiger partial charge on any atom is 0.126 e. The molecule has 0 fully saturated rings. The van der Waals surface area contributed by atoms with Gasteiger partial charge in [-0.3, -0.25) is 0 Å². The second-order valence-corrected chi connectivity index (χ2v) is 3.69. The minimum absolute atomic E-state index is 0.169. The van der Waals surface area contributed by atoms with Gasteiger partial charge in [0, 0.05) is 0 Å². The normalized spacial score (nSPS) is 10.2. The van der Waals surface area contributed by atoms with Gasteiger partial charge in [0.25, 0.3) is 0 Å². The van der Waals surface area contributed by atoms with Gasteiger partial charge in [-0.05, 0) is 47.9 Å². The second kappa shape index (κ2) is 4.35. The summed E-state index contributed by atoms with van der Waals surface area (Å²) < 4.78 is 18.2. The highest BCUT2D eigenvalue weighted by Gasteiger charge is 2.01. The third kappa shape index (κ3) is 2.06. The standard InChI is InChI=1S/C14H13FO/c1-10-9-12(5-8-14(10)15)11-3-6-13(16-2)7-4-11/h3-9H,1-2H3. The van der Waals surface area contributed by atoms with E-state index in [0.717, 1.165) is 16.9 Å². The average molecular weight is 216 g/mol. The molecule has 0 saturated heterocycles. The van der Waals surface area contributed by atoms with Crippen LogP contribution in [-0.4, -0.2) is 7.11 Å². The van der Waals surface area contributed by atoms with Gasteiger partial charge >= 0.3 is 0 Å². The lowest BCUT2D eigenvalue weighted by Gasteiger charge is -2.05. The topological polar surface area (TPSA) is 9.23 Å². The van der Waals surface area contributed by atoms with Crippen LogP contribution < -0.4 is 4.74 Å². The van der Waals surface area contributed by atoms with E-state index < -0.39 is 0 Å². The summed E-state index contributed by atoms with van der Waals surface area (Å²) in [5.74, 6) is 0.653. The van der Waals surface area contributed by atoms with E-state index >= 15 is 0 Å². The number of rotatable bonds is 2. The highest BCUT2D eigenvalue weighted by Crippen LogP contribution is 2.23. The Hall–Kier alpha value is -1.83. The molecule has 2 aromatic rings. The first-order valence-electron chi connectivity index (χ1n) is 5.11. The maximum absolute atomic E-state index is 13.1. The molecule has 0 aliphatic rings. The molecular formula is C14H13FO. The van der Waals surface area contributed by atoms with Crippen molar-refractivity contribution in [2.45, 2.75) is 6.92 Å². The number of methoxy groups -OCH3 is 1. The number of halogens is 1. The summed E-state index contributed by atoms with van der Waals surface area (Å²) in [5.41, 5.74) is 2.73. The highest BCUT2D eigenvalue weighted by atomic mass is 19.1. The van der Waals surface area contributed by atoms with Crippen molar-refractivity contribution in [3.05, 3.63) is 53.8 Å². The van der Waals surface area contributed by atoms with E-state index in [4.69, 9.17) is 4.74 Å². The van der Waals surface area contributed by atoms with Gasteiger partial charge < -0.3 is 4.74 Å². The Morgan fingerprint density at radius 1 is 0.938 bits per heavy atom. The SMILES string of the molecule is COc1ccc(-c2ccc(F)c(C)c2)cc1. The largest absolute Gasteiger partial charge is 0.497 e. The summed E-state index contributed by atoms with van der Waals surface area (Å²) in [5, 5.41) is 0. The predicted molar refractivity (Wildman–Crippen MR) is 63.1 cm³/mol. The van der Waals surface area contributed by atoms with Crippen LogP contribution in [0.5, 0.6) is 5.75 Å². The van der Waals surface area contributed by atoms with Crippen LogP contribution in [0.3, 0.4) is 0 Å². The molecule has 0 aliphatic heterocycles. The number of hydrogen-bond donors (Lipinski definition) is 0. The van der Waals surface area contributed by atoms with E-state index in [9.17, 15) is 4.39 Å². The van der Waals surface area contributed by atoms with E-state index in [1.807, 2.05) is 30.3 Å². The van der Waals surface area contributed by atoms with Gasteiger partial charge in [0.15, 0.2) is 0 Å². The summed E-state index contributed by atoms with van der Waals surface area (Å²) in [6.45, 7) is 1.77. The average Bonchev–Trinajstić information content (AvgIpc) is 2.33. The van der Waals surface area contributed by atoms with Crippen LogP contribution in [0, 0.1) is 12.7 Å². The molecule has 16 heavy (non-hydrogen) atoms. The first-order chi connectivity index (χ1) is 7.70. The Morgan fingerprint density at radius 3 is 2.12 bits per heavy atom. The van der Waals surface area contributed by atoms with Crippen molar-refractivity contribution in [3.63, 3.8) is 0 Å². The van der Waals surface area contributed by atoms with Crippen LogP contribution in [0.2, 0.25) is 0 Å². The van der Waals surface area contributed by atoms with E-state index in [2.05, 4.69) is 0 Å². The van der Waals surface area contributed by atoms with Crippen molar-refractivity contribution in [2.24, 2.45) is 0 Å². The molecule has 0 bridgehead atoms. The Bertz CT molecular complexity index is 489. The number of benzene rings is 2. The Morgan fingerprint density at radius 2 is 1.56 bits per heavy atom. The molecule has 0 saturated carbocycles. The monoisotopic (exact) mass is 216 g/mol. The third-order valence-corrected chi connectivity index (χ3v) is 2.58. The molecule has 2 rings (SSSR count). The number of ether oxygens (including phenoxy) is 1. The van der Waals surface area contributed by atoms with Gasteiger partial charge in [0.2, 0.25) is 0 Å². The lowest BCUT2D eigenvalue weighted by molar-refractivity contribution is 0.415. The molecule has 0 atom stereocenters. The fourth-order valence-corrected chi connectivity index (χ4v) is 1.61. The van der Waals surface area contributed by atoms with Crippen molar-refractivity contribution >= 4 is 0 Å². The lowest BCUT2D eigenvalue weighted by Crippen LogP contribution is -1.85. The van der Waals surface area contributed by atoms with Gasteiger partial charge in [0.05, 0.1) is 7.11 Å². The van der Waals surface area contributed by atoms with Crippen LogP contribution in [-0.2, 0) is 0 Å². The molecule has 1 nitrogen and oxygen atoms in total. The van der Waals surface area contributed by atoms with Crippen LogP contribution in [0.25, 0.3) is 11.1 Å². The van der Waals surface area contributed by atoms with Gasteiger partial charge in [-0.1, -0.05) is 18.2 Å². The molecule has 2 aromatic carbocycles. The lowest BCUT2D eigenvalue weighted by atomic mass is 10.0. The summed E-state index contributed by atoms with van der Waals surface area (Å²) >= 11 is 0. The van der Waals surface area contributed by atoms with Crippen molar-refractivity contribution in [2.75, 3.05) is 7.11 Å². The third-order valence-electron chi connectivity index (χ3n) is 2.58. The molecule has 2 heteroatoms. The quantitative estimate of drug-likeness (QED) is 0.741. The van der Waals surface area contributed by atoms with Crippen molar-refractivity contribution in [1.82, 2.24) is 0 Å². The summed E-state index contributed by atoms with van der Waals surface area (Å²) in [6, 6.07) is 12.8. The first-order valence-corrected chi connectivity index (χ1v) is 5.11. The van der Waals surface area contributed by atoms with E-state index in [-0.39, 0.29) is 5.82 Å². The van der Waals surface area contributed by atoms with Crippen LogP contribution in [0.4, 0.5) is 4.39 Å². The summed E-state index contributed by atoms with van der Waals surface area (Å²) in [7, 11) is 1.64.